The molecule has 1 aliphatic rings. The summed E-state index contributed by atoms with van der Waals surface area (Å²) in [5, 5.41) is 11.6. The third-order valence-corrected chi connectivity index (χ3v) is 6.61. The van der Waals surface area contributed by atoms with Gasteiger partial charge in [0.2, 0.25) is 0 Å². The fraction of sp³-hybridized carbons (Fsp3) is 0.185. The van der Waals surface area contributed by atoms with E-state index in [1.165, 1.54) is 32.3 Å². The van der Waals surface area contributed by atoms with Gasteiger partial charge in [0, 0.05) is 5.69 Å². The highest BCUT2D eigenvalue weighted by Gasteiger charge is 2.47. The number of methoxy groups -OCH3 is 3. The van der Waals surface area contributed by atoms with Gasteiger partial charge in [0.1, 0.15) is 16.5 Å². The largest absolute Gasteiger partial charge is 0.507 e. The number of hydrogen-bond acceptors (Lipinski definition) is 6. The molecule has 3 aromatic rings. The van der Waals surface area contributed by atoms with E-state index in [0.717, 1.165) is 5.56 Å². The van der Waals surface area contributed by atoms with Gasteiger partial charge in [-0.05, 0) is 42.8 Å². The summed E-state index contributed by atoms with van der Waals surface area (Å²) < 4.78 is 15.9. The molecule has 3 aromatic carbocycles. The molecule has 36 heavy (non-hydrogen) atoms. The van der Waals surface area contributed by atoms with E-state index in [1.54, 1.807) is 36.4 Å². The van der Waals surface area contributed by atoms with Gasteiger partial charge >= 0.3 is 0 Å². The summed E-state index contributed by atoms with van der Waals surface area (Å²) in [5.41, 5.74) is 1.99. The lowest BCUT2D eigenvalue weighted by molar-refractivity contribution is -0.132. The minimum Gasteiger partial charge on any atom is -0.507 e. The number of amides is 1. The van der Waals surface area contributed by atoms with Crippen LogP contribution in [-0.4, -0.2) is 38.1 Å². The Hall–Kier alpha value is -3.68. The van der Waals surface area contributed by atoms with E-state index in [4.69, 9.17) is 37.4 Å². The van der Waals surface area contributed by atoms with Crippen LogP contribution in [-0.2, 0) is 9.59 Å². The summed E-state index contributed by atoms with van der Waals surface area (Å²) in [5.74, 6) is -1.33. The molecule has 1 N–H and O–H groups in total. The monoisotopic (exact) mass is 527 g/mol. The second-order valence-corrected chi connectivity index (χ2v) is 8.85. The molecule has 1 unspecified atom stereocenters. The van der Waals surface area contributed by atoms with Crippen molar-refractivity contribution in [2.45, 2.75) is 13.0 Å². The maximum absolute atomic E-state index is 13.4. The van der Waals surface area contributed by atoms with Crippen LogP contribution in [0.1, 0.15) is 22.7 Å². The minimum atomic E-state index is -0.942. The molecule has 7 nitrogen and oxygen atoms in total. The van der Waals surface area contributed by atoms with Crippen LogP contribution < -0.4 is 19.1 Å². The predicted octanol–water partition coefficient (Wildman–Crippen LogP) is 5.95. The van der Waals surface area contributed by atoms with Gasteiger partial charge < -0.3 is 19.3 Å². The van der Waals surface area contributed by atoms with Crippen LogP contribution in [0.4, 0.5) is 5.69 Å². The molecule has 0 spiro atoms. The van der Waals surface area contributed by atoms with Crippen molar-refractivity contribution >= 4 is 46.3 Å². The lowest BCUT2D eigenvalue weighted by Gasteiger charge is -2.26. The number of benzene rings is 3. The predicted molar refractivity (Wildman–Crippen MR) is 139 cm³/mol. The second kappa shape index (κ2) is 10.1. The Morgan fingerprint density at radius 1 is 0.889 bits per heavy atom. The van der Waals surface area contributed by atoms with Crippen LogP contribution in [0.2, 0.25) is 10.0 Å². The zero-order chi connectivity index (χ0) is 26.1. The van der Waals surface area contributed by atoms with E-state index in [-0.39, 0.29) is 32.7 Å². The number of halogens is 2. The number of ether oxygens (including phenoxy) is 3. The third kappa shape index (κ3) is 4.25. The molecule has 1 fully saturated rings. The summed E-state index contributed by atoms with van der Waals surface area (Å²) in [7, 11) is 4.29. The highest BCUT2D eigenvalue weighted by molar-refractivity contribution is 6.52. The number of rotatable bonds is 6. The second-order valence-electron chi connectivity index (χ2n) is 8.06. The average Bonchev–Trinajstić information content (AvgIpc) is 3.14. The fourth-order valence-corrected chi connectivity index (χ4v) is 4.88. The molecule has 0 aliphatic carbocycles. The van der Waals surface area contributed by atoms with Crippen LogP contribution in [0.25, 0.3) is 5.76 Å². The smallest absolute Gasteiger partial charge is 0.300 e. The fourth-order valence-electron chi connectivity index (χ4n) is 4.20. The van der Waals surface area contributed by atoms with Crippen LogP contribution >= 0.6 is 23.2 Å². The summed E-state index contributed by atoms with van der Waals surface area (Å²) in [6.45, 7) is 1.92. The van der Waals surface area contributed by atoms with Crippen molar-refractivity contribution in [3.63, 3.8) is 0 Å². The lowest BCUT2D eigenvalue weighted by Crippen LogP contribution is -2.29. The number of Topliss-reactive ketones (excluding diaryl/α,β-unsaturated/α-hetero) is 1. The minimum absolute atomic E-state index is 0.0165. The van der Waals surface area contributed by atoms with E-state index in [1.807, 2.05) is 19.1 Å². The maximum Gasteiger partial charge on any atom is 0.300 e. The molecule has 186 valence electrons. The van der Waals surface area contributed by atoms with Crippen molar-refractivity contribution in [2.24, 2.45) is 0 Å². The lowest BCUT2D eigenvalue weighted by atomic mass is 9.94. The van der Waals surface area contributed by atoms with Gasteiger partial charge in [0.05, 0.1) is 43.5 Å². The Morgan fingerprint density at radius 3 is 2.06 bits per heavy atom. The molecule has 1 saturated heterocycles. The normalized spacial score (nSPS) is 16.8. The van der Waals surface area contributed by atoms with Crippen molar-refractivity contribution < 1.29 is 28.9 Å². The topological polar surface area (TPSA) is 85.3 Å². The van der Waals surface area contributed by atoms with E-state index in [2.05, 4.69) is 0 Å². The summed E-state index contributed by atoms with van der Waals surface area (Å²) in [6.07, 6.45) is 0. The van der Waals surface area contributed by atoms with E-state index in [9.17, 15) is 14.7 Å². The van der Waals surface area contributed by atoms with Gasteiger partial charge in [-0.1, -0.05) is 53.0 Å². The van der Waals surface area contributed by atoms with Gasteiger partial charge in [-0.3, -0.25) is 14.5 Å². The number of ketones is 1. The molecule has 1 aliphatic heterocycles. The van der Waals surface area contributed by atoms with Crippen molar-refractivity contribution in [2.75, 3.05) is 26.2 Å². The molecule has 0 aromatic heterocycles. The molecule has 0 radical (unpaired) electrons. The van der Waals surface area contributed by atoms with E-state index >= 15 is 0 Å². The zero-order valence-corrected chi connectivity index (χ0v) is 21.5. The van der Waals surface area contributed by atoms with E-state index in [0.29, 0.717) is 17.0 Å². The van der Waals surface area contributed by atoms with Gasteiger partial charge in [0.25, 0.3) is 11.7 Å². The first-order chi connectivity index (χ1) is 17.2. The molecular formula is C27H23Cl2NO6. The Kier molecular flexibility index (Phi) is 7.15. The molecule has 1 amide bonds. The average molecular weight is 528 g/mol. The molecule has 0 bridgehead atoms. The van der Waals surface area contributed by atoms with Crippen molar-refractivity contribution in [3.8, 4) is 17.2 Å². The highest BCUT2D eigenvalue weighted by atomic mass is 35.5. The molecule has 1 atom stereocenters. The van der Waals surface area contributed by atoms with E-state index < -0.39 is 23.5 Å². The standard InChI is InChI=1S/C27H23Cl2NO6/c1-14-5-9-16(10-6-14)30-22(15-7-11-17(34-2)12-8-15)20(24(32)27(30)33)23(31)18-13-19(28)26(36-4)21(29)25(18)35-3/h5-13,22,31H,1-4H3/b23-20+. The number of hydrogen-bond donors (Lipinski definition) is 1. The summed E-state index contributed by atoms with van der Waals surface area (Å²) >= 11 is 12.7. The quantitative estimate of drug-likeness (QED) is 0.242. The number of carbonyl (C=O) groups is 2. The Labute approximate surface area is 218 Å². The van der Waals surface area contributed by atoms with Crippen LogP contribution in [0, 0.1) is 6.92 Å². The first-order valence-corrected chi connectivity index (χ1v) is 11.6. The van der Waals surface area contributed by atoms with Gasteiger partial charge in [-0.15, -0.1) is 0 Å². The molecule has 0 saturated carbocycles. The molecule has 1 heterocycles. The SMILES string of the molecule is COc1ccc(C2/C(=C(\O)c3cc(Cl)c(OC)c(Cl)c3OC)C(=O)C(=O)N2c2ccc(C)cc2)cc1. The number of anilines is 1. The van der Waals surface area contributed by atoms with Gasteiger partial charge in [0.15, 0.2) is 11.5 Å². The number of carbonyl (C=O) groups excluding carboxylic acids is 2. The molecular weight excluding hydrogens is 505 g/mol. The Morgan fingerprint density at radius 2 is 1.50 bits per heavy atom. The highest BCUT2D eigenvalue weighted by Crippen LogP contribution is 2.48. The third-order valence-electron chi connectivity index (χ3n) is 5.98. The first-order valence-electron chi connectivity index (χ1n) is 10.8. The first kappa shape index (κ1) is 25.4. The zero-order valence-electron chi connectivity index (χ0n) is 20.0. The van der Waals surface area contributed by atoms with Crippen LogP contribution in [0.5, 0.6) is 17.2 Å². The number of aryl methyl sites for hydroxylation is 1. The molecule has 9 heteroatoms. The summed E-state index contributed by atoms with van der Waals surface area (Å²) in [4.78, 5) is 28.1. The number of nitrogens with zero attached hydrogens (tertiary/aromatic N) is 1. The van der Waals surface area contributed by atoms with Crippen molar-refractivity contribution in [1.82, 2.24) is 0 Å². The van der Waals surface area contributed by atoms with Crippen LogP contribution in [0.15, 0.2) is 60.2 Å². The number of aliphatic hydroxyl groups is 1. The van der Waals surface area contributed by atoms with Crippen molar-refractivity contribution in [1.29, 1.82) is 0 Å². The maximum atomic E-state index is 13.4. The van der Waals surface area contributed by atoms with Gasteiger partial charge in [-0.25, -0.2) is 0 Å². The number of aliphatic hydroxyl groups excluding tert-OH is 1. The Bertz CT molecular complexity index is 1370. The van der Waals surface area contributed by atoms with Crippen LogP contribution in [0.3, 0.4) is 0 Å². The Balaban J connectivity index is 2.00. The summed E-state index contributed by atoms with van der Waals surface area (Å²) in [6, 6.07) is 14.5. The molecule has 4 rings (SSSR count). The van der Waals surface area contributed by atoms with Gasteiger partial charge in [-0.2, -0.15) is 0 Å². The van der Waals surface area contributed by atoms with Crippen molar-refractivity contribution in [3.05, 3.63) is 86.9 Å².